The Morgan fingerprint density at radius 3 is 2.44 bits per heavy atom. The second-order valence-corrected chi connectivity index (χ2v) is 6.22. The van der Waals surface area contributed by atoms with Crippen LogP contribution in [-0.4, -0.2) is 17.5 Å². The molecule has 0 aliphatic rings. The minimum absolute atomic E-state index is 0.128. The second-order valence-electron chi connectivity index (χ2n) is 6.22. The van der Waals surface area contributed by atoms with Gasteiger partial charge in [0, 0.05) is 6.42 Å². The van der Waals surface area contributed by atoms with E-state index in [0.29, 0.717) is 18.8 Å². The van der Waals surface area contributed by atoms with Crippen LogP contribution in [0.5, 0.6) is 11.5 Å². The standard InChI is InChI=1S/C22H32O3/c1-3-5-6-7-8-9-10-14-20(23)15-12-11-13-19-16-17-22(25-4-2)21(24)18-19/h11-13,15-18,24H,3-10,14H2,1-2H3. The summed E-state index contributed by atoms with van der Waals surface area (Å²) < 4.78 is 5.29. The Morgan fingerprint density at radius 1 is 1.04 bits per heavy atom. The van der Waals surface area contributed by atoms with Gasteiger partial charge in [-0.15, -0.1) is 0 Å². The minimum atomic E-state index is 0.128. The molecule has 0 saturated carbocycles. The molecule has 1 N–H and O–H groups in total. The Labute approximate surface area is 152 Å². The first kappa shape index (κ1) is 21.0. The number of hydrogen-bond acceptors (Lipinski definition) is 3. The van der Waals surface area contributed by atoms with Gasteiger partial charge in [-0.2, -0.15) is 0 Å². The number of allylic oxidation sites excluding steroid dienone is 3. The smallest absolute Gasteiger partial charge is 0.160 e. The predicted octanol–water partition coefficient (Wildman–Crippen LogP) is 6.07. The largest absolute Gasteiger partial charge is 0.504 e. The molecule has 25 heavy (non-hydrogen) atoms. The summed E-state index contributed by atoms with van der Waals surface area (Å²) in [4.78, 5) is 11.8. The van der Waals surface area contributed by atoms with Gasteiger partial charge in [0.2, 0.25) is 0 Å². The van der Waals surface area contributed by atoms with Gasteiger partial charge in [0.05, 0.1) is 6.61 Å². The van der Waals surface area contributed by atoms with Crippen LogP contribution in [0.3, 0.4) is 0 Å². The van der Waals surface area contributed by atoms with Crippen LogP contribution in [0.1, 0.15) is 70.8 Å². The van der Waals surface area contributed by atoms with Gasteiger partial charge in [-0.25, -0.2) is 0 Å². The van der Waals surface area contributed by atoms with Crippen molar-refractivity contribution in [2.75, 3.05) is 6.61 Å². The first-order valence-corrected chi connectivity index (χ1v) is 9.50. The lowest BCUT2D eigenvalue weighted by Crippen LogP contribution is -1.92. The van der Waals surface area contributed by atoms with Gasteiger partial charge < -0.3 is 9.84 Å². The average molecular weight is 344 g/mol. The normalized spacial score (nSPS) is 11.4. The van der Waals surface area contributed by atoms with Crippen molar-refractivity contribution >= 4 is 11.9 Å². The first-order chi connectivity index (χ1) is 12.2. The van der Waals surface area contributed by atoms with E-state index in [9.17, 15) is 9.90 Å². The highest BCUT2D eigenvalue weighted by molar-refractivity contribution is 5.89. The molecule has 1 aromatic carbocycles. The van der Waals surface area contributed by atoms with Gasteiger partial charge >= 0.3 is 0 Å². The molecule has 0 amide bonds. The molecule has 0 aliphatic heterocycles. The maximum Gasteiger partial charge on any atom is 0.160 e. The number of ether oxygens (including phenoxy) is 1. The Bertz CT molecular complexity index is 558. The summed E-state index contributed by atoms with van der Waals surface area (Å²) in [6.07, 6.45) is 16.2. The Morgan fingerprint density at radius 2 is 1.76 bits per heavy atom. The van der Waals surface area contributed by atoms with Gasteiger partial charge in [0.1, 0.15) is 0 Å². The van der Waals surface area contributed by atoms with E-state index < -0.39 is 0 Å². The summed E-state index contributed by atoms with van der Waals surface area (Å²) in [6, 6.07) is 5.26. The average Bonchev–Trinajstić information content (AvgIpc) is 2.60. The highest BCUT2D eigenvalue weighted by Crippen LogP contribution is 2.27. The summed E-state index contributed by atoms with van der Waals surface area (Å²) >= 11 is 0. The number of phenols is 1. The monoisotopic (exact) mass is 344 g/mol. The number of hydrogen-bond donors (Lipinski definition) is 1. The summed E-state index contributed by atoms with van der Waals surface area (Å²) in [5.74, 6) is 0.788. The highest BCUT2D eigenvalue weighted by Gasteiger charge is 2.01. The van der Waals surface area contributed by atoms with Crippen molar-refractivity contribution in [3.63, 3.8) is 0 Å². The van der Waals surface area contributed by atoms with Crippen molar-refractivity contribution in [2.24, 2.45) is 0 Å². The van der Waals surface area contributed by atoms with Crippen LogP contribution in [-0.2, 0) is 4.79 Å². The zero-order chi connectivity index (χ0) is 18.3. The quantitative estimate of drug-likeness (QED) is 0.268. The number of ketones is 1. The number of carbonyl (C=O) groups excluding carboxylic acids is 1. The third-order valence-electron chi connectivity index (χ3n) is 3.99. The van der Waals surface area contributed by atoms with Gasteiger partial charge in [0.15, 0.2) is 17.3 Å². The maximum atomic E-state index is 11.8. The Balaban J connectivity index is 2.26. The van der Waals surface area contributed by atoms with Crippen molar-refractivity contribution in [3.8, 4) is 11.5 Å². The van der Waals surface area contributed by atoms with Crippen LogP contribution in [0.2, 0.25) is 0 Å². The molecule has 0 radical (unpaired) electrons. The van der Waals surface area contributed by atoms with E-state index in [0.717, 1.165) is 18.4 Å². The maximum absolute atomic E-state index is 11.8. The first-order valence-electron chi connectivity index (χ1n) is 9.50. The number of rotatable bonds is 13. The third kappa shape index (κ3) is 9.75. The molecule has 1 rings (SSSR count). The molecule has 0 spiro atoms. The molecule has 0 bridgehead atoms. The molecule has 0 aliphatic carbocycles. The number of benzene rings is 1. The number of carbonyl (C=O) groups is 1. The molecule has 0 fully saturated rings. The molecular formula is C22H32O3. The van der Waals surface area contributed by atoms with Crippen LogP contribution in [0.4, 0.5) is 0 Å². The molecule has 0 unspecified atom stereocenters. The van der Waals surface area contributed by atoms with Crippen molar-refractivity contribution in [1.29, 1.82) is 0 Å². The van der Waals surface area contributed by atoms with E-state index >= 15 is 0 Å². The van der Waals surface area contributed by atoms with Crippen molar-refractivity contribution in [1.82, 2.24) is 0 Å². The van der Waals surface area contributed by atoms with Crippen LogP contribution >= 0.6 is 0 Å². The number of phenolic OH excluding ortho intramolecular Hbond substituents is 1. The molecule has 0 heterocycles. The molecule has 0 saturated heterocycles. The lowest BCUT2D eigenvalue weighted by molar-refractivity contribution is -0.114. The summed E-state index contributed by atoms with van der Waals surface area (Å²) in [7, 11) is 0. The summed E-state index contributed by atoms with van der Waals surface area (Å²) in [6.45, 7) is 4.62. The Kier molecular flexibility index (Phi) is 11.2. The fourth-order valence-corrected chi connectivity index (χ4v) is 2.58. The fourth-order valence-electron chi connectivity index (χ4n) is 2.58. The number of unbranched alkanes of at least 4 members (excludes halogenated alkanes) is 6. The van der Waals surface area contributed by atoms with E-state index in [1.165, 1.54) is 32.1 Å². The zero-order valence-electron chi connectivity index (χ0n) is 15.7. The van der Waals surface area contributed by atoms with E-state index in [2.05, 4.69) is 6.92 Å². The van der Waals surface area contributed by atoms with Crippen LogP contribution in [0.15, 0.2) is 36.4 Å². The second kappa shape index (κ2) is 13.3. The molecule has 0 atom stereocenters. The molecular weight excluding hydrogens is 312 g/mol. The zero-order valence-corrected chi connectivity index (χ0v) is 15.7. The SMILES string of the molecule is CCCCCCCCCC(=O)C=CC=Cc1ccc(OCC)c(O)c1. The van der Waals surface area contributed by atoms with Crippen molar-refractivity contribution in [3.05, 3.63) is 42.0 Å². The predicted molar refractivity (Wildman–Crippen MR) is 105 cm³/mol. The lowest BCUT2D eigenvalue weighted by atomic mass is 10.1. The Hall–Kier alpha value is -2.03. The third-order valence-corrected chi connectivity index (χ3v) is 3.99. The van der Waals surface area contributed by atoms with Gasteiger partial charge in [-0.05, 0) is 37.1 Å². The molecule has 138 valence electrons. The fraction of sp³-hybridized carbons (Fsp3) is 0.500. The topological polar surface area (TPSA) is 46.5 Å². The molecule has 0 aromatic heterocycles. The van der Waals surface area contributed by atoms with E-state index in [1.54, 1.807) is 24.3 Å². The highest BCUT2D eigenvalue weighted by atomic mass is 16.5. The van der Waals surface area contributed by atoms with Gasteiger partial charge in [-0.3, -0.25) is 4.79 Å². The van der Waals surface area contributed by atoms with Crippen molar-refractivity contribution < 1.29 is 14.6 Å². The van der Waals surface area contributed by atoms with E-state index in [-0.39, 0.29) is 11.5 Å². The van der Waals surface area contributed by atoms with Crippen LogP contribution < -0.4 is 4.74 Å². The van der Waals surface area contributed by atoms with Gasteiger partial charge in [0.25, 0.3) is 0 Å². The molecule has 1 aromatic rings. The minimum Gasteiger partial charge on any atom is -0.504 e. The van der Waals surface area contributed by atoms with Crippen molar-refractivity contribution in [2.45, 2.75) is 65.2 Å². The van der Waals surface area contributed by atoms with E-state index in [4.69, 9.17) is 4.74 Å². The van der Waals surface area contributed by atoms with Gasteiger partial charge in [-0.1, -0.05) is 69.7 Å². The lowest BCUT2D eigenvalue weighted by Gasteiger charge is -2.05. The summed E-state index contributed by atoms with van der Waals surface area (Å²) in [5, 5.41) is 9.82. The van der Waals surface area contributed by atoms with E-state index in [1.807, 2.05) is 25.1 Å². The molecule has 3 heteroatoms. The van der Waals surface area contributed by atoms with Crippen LogP contribution in [0.25, 0.3) is 6.08 Å². The number of aromatic hydroxyl groups is 1. The molecule has 3 nitrogen and oxygen atoms in total. The van der Waals surface area contributed by atoms with Crippen LogP contribution in [0, 0.1) is 0 Å². The summed E-state index contributed by atoms with van der Waals surface area (Å²) in [5.41, 5.74) is 0.866.